The molecule has 64 valence electrons. The van der Waals surface area contributed by atoms with Crippen LogP contribution in [0.1, 0.15) is 39.5 Å². The Balaban J connectivity index is 3.35. The van der Waals surface area contributed by atoms with Gasteiger partial charge in [0.2, 0.25) is 0 Å². The summed E-state index contributed by atoms with van der Waals surface area (Å²) in [6.45, 7) is 4.18. The number of allylic oxidation sites excluding steroid dienone is 2. The van der Waals surface area contributed by atoms with Crippen LogP contribution in [0.3, 0.4) is 0 Å². The zero-order valence-corrected chi connectivity index (χ0v) is 7.55. The van der Waals surface area contributed by atoms with Gasteiger partial charge in [0.15, 0.2) is 0 Å². The summed E-state index contributed by atoms with van der Waals surface area (Å²) in [5.41, 5.74) is 0. The van der Waals surface area contributed by atoms with Crippen LogP contribution in [0.5, 0.6) is 0 Å². The lowest BCUT2D eigenvalue weighted by atomic mass is 10.0. The first-order chi connectivity index (χ1) is 5.35. The topological polar surface area (TPSA) is 17.1 Å². The molecule has 0 aliphatic heterocycles. The minimum Gasteiger partial charge on any atom is -0.303 e. The maximum absolute atomic E-state index is 10.4. The van der Waals surface area contributed by atoms with Gasteiger partial charge < -0.3 is 4.79 Å². The summed E-state index contributed by atoms with van der Waals surface area (Å²) >= 11 is 0. The van der Waals surface area contributed by atoms with Gasteiger partial charge in [-0.1, -0.05) is 26.0 Å². The Morgan fingerprint density at radius 2 is 2.00 bits per heavy atom. The molecule has 0 N–H and O–H groups in total. The second kappa shape index (κ2) is 7.52. The summed E-state index contributed by atoms with van der Waals surface area (Å²) in [5.74, 6) is 0.275. The van der Waals surface area contributed by atoms with Crippen molar-refractivity contribution in [3.63, 3.8) is 0 Å². The molecule has 0 saturated heterocycles. The van der Waals surface area contributed by atoms with Crippen molar-refractivity contribution >= 4 is 6.29 Å². The Kier molecular flexibility index (Phi) is 7.11. The molecule has 0 aliphatic carbocycles. The van der Waals surface area contributed by atoms with Crippen LogP contribution in [-0.2, 0) is 4.79 Å². The van der Waals surface area contributed by atoms with Gasteiger partial charge in [0.25, 0.3) is 0 Å². The van der Waals surface area contributed by atoms with E-state index in [9.17, 15) is 4.79 Å². The third-order valence-corrected chi connectivity index (χ3v) is 1.82. The van der Waals surface area contributed by atoms with Gasteiger partial charge >= 0.3 is 0 Å². The highest BCUT2D eigenvalue weighted by molar-refractivity contribution is 5.53. The van der Waals surface area contributed by atoms with Crippen molar-refractivity contribution < 1.29 is 4.79 Å². The molecule has 0 saturated carbocycles. The van der Waals surface area contributed by atoms with Crippen molar-refractivity contribution in [3.05, 3.63) is 12.2 Å². The van der Waals surface area contributed by atoms with E-state index >= 15 is 0 Å². The third kappa shape index (κ3) is 5.84. The Morgan fingerprint density at radius 3 is 2.45 bits per heavy atom. The molecule has 0 fully saturated rings. The van der Waals surface area contributed by atoms with Crippen LogP contribution in [0.15, 0.2) is 12.2 Å². The highest BCUT2D eigenvalue weighted by atomic mass is 16.1. The van der Waals surface area contributed by atoms with Crippen LogP contribution in [0.4, 0.5) is 0 Å². The molecule has 0 heterocycles. The highest BCUT2D eigenvalue weighted by Crippen LogP contribution is 2.07. The van der Waals surface area contributed by atoms with Crippen molar-refractivity contribution in [2.24, 2.45) is 5.92 Å². The number of aldehydes is 1. The normalized spacial score (nSPS) is 13.6. The first-order valence-corrected chi connectivity index (χ1v) is 4.45. The molecule has 1 unspecified atom stereocenters. The van der Waals surface area contributed by atoms with E-state index in [-0.39, 0.29) is 5.92 Å². The monoisotopic (exact) mass is 154 g/mol. The number of hydrogen-bond donors (Lipinski definition) is 0. The van der Waals surface area contributed by atoms with Crippen LogP contribution < -0.4 is 0 Å². The number of carbonyl (C=O) groups excluding carboxylic acids is 1. The SMILES string of the molecule is CC/C=C\CCC(C=O)CC. The average molecular weight is 154 g/mol. The average Bonchev–Trinajstić information content (AvgIpc) is 2.05. The smallest absolute Gasteiger partial charge is 0.123 e. The quantitative estimate of drug-likeness (QED) is 0.424. The fourth-order valence-electron chi connectivity index (χ4n) is 0.963. The third-order valence-electron chi connectivity index (χ3n) is 1.82. The Hall–Kier alpha value is -0.590. The van der Waals surface area contributed by atoms with Gasteiger partial charge in [-0.2, -0.15) is 0 Å². The van der Waals surface area contributed by atoms with Gasteiger partial charge in [-0.15, -0.1) is 0 Å². The largest absolute Gasteiger partial charge is 0.303 e. The zero-order valence-electron chi connectivity index (χ0n) is 7.55. The van der Waals surface area contributed by atoms with Crippen LogP contribution in [0.2, 0.25) is 0 Å². The van der Waals surface area contributed by atoms with E-state index in [1.165, 1.54) is 0 Å². The predicted octanol–water partition coefficient (Wildman–Crippen LogP) is 2.96. The fraction of sp³-hybridized carbons (Fsp3) is 0.700. The van der Waals surface area contributed by atoms with Gasteiger partial charge in [0.1, 0.15) is 6.29 Å². The summed E-state index contributed by atoms with van der Waals surface area (Å²) in [6, 6.07) is 0. The zero-order chi connectivity index (χ0) is 8.53. The molecular weight excluding hydrogens is 136 g/mol. The molecule has 0 aromatic carbocycles. The van der Waals surface area contributed by atoms with Crippen molar-refractivity contribution in [1.82, 2.24) is 0 Å². The lowest BCUT2D eigenvalue weighted by Gasteiger charge is -2.02. The molecule has 0 aromatic heterocycles. The molecule has 11 heavy (non-hydrogen) atoms. The molecule has 0 rings (SSSR count). The van der Waals surface area contributed by atoms with Crippen LogP contribution >= 0.6 is 0 Å². The second-order valence-corrected chi connectivity index (χ2v) is 2.76. The Labute approximate surface area is 69.5 Å². The van der Waals surface area contributed by atoms with E-state index in [0.717, 1.165) is 32.0 Å². The molecular formula is C10H18O. The van der Waals surface area contributed by atoms with Gasteiger partial charge in [-0.25, -0.2) is 0 Å². The Morgan fingerprint density at radius 1 is 1.27 bits per heavy atom. The molecule has 1 nitrogen and oxygen atoms in total. The van der Waals surface area contributed by atoms with E-state index in [2.05, 4.69) is 26.0 Å². The van der Waals surface area contributed by atoms with E-state index in [0.29, 0.717) is 0 Å². The van der Waals surface area contributed by atoms with Gasteiger partial charge in [-0.05, 0) is 25.7 Å². The van der Waals surface area contributed by atoms with Crippen LogP contribution in [0.25, 0.3) is 0 Å². The molecule has 1 atom stereocenters. The highest BCUT2D eigenvalue weighted by Gasteiger charge is 2.00. The van der Waals surface area contributed by atoms with Crippen LogP contribution in [-0.4, -0.2) is 6.29 Å². The summed E-state index contributed by atoms with van der Waals surface area (Å²) in [5, 5.41) is 0. The van der Waals surface area contributed by atoms with E-state index in [1.807, 2.05) is 0 Å². The first kappa shape index (κ1) is 10.4. The second-order valence-electron chi connectivity index (χ2n) is 2.76. The molecule has 0 amide bonds. The molecule has 0 aliphatic rings. The van der Waals surface area contributed by atoms with Crippen molar-refractivity contribution in [1.29, 1.82) is 0 Å². The minimum atomic E-state index is 0.275. The predicted molar refractivity (Wildman–Crippen MR) is 48.5 cm³/mol. The molecule has 0 bridgehead atoms. The summed E-state index contributed by atoms with van der Waals surface area (Å²) in [7, 11) is 0. The molecule has 0 spiro atoms. The van der Waals surface area contributed by atoms with Gasteiger partial charge in [-0.3, -0.25) is 0 Å². The van der Waals surface area contributed by atoms with Crippen LogP contribution in [0, 0.1) is 5.92 Å². The summed E-state index contributed by atoms with van der Waals surface area (Å²) < 4.78 is 0. The molecule has 0 aromatic rings. The maximum Gasteiger partial charge on any atom is 0.123 e. The van der Waals surface area contributed by atoms with E-state index in [1.54, 1.807) is 0 Å². The molecule has 1 heteroatoms. The lowest BCUT2D eigenvalue weighted by Crippen LogP contribution is -1.98. The maximum atomic E-state index is 10.4. The van der Waals surface area contributed by atoms with Gasteiger partial charge in [0.05, 0.1) is 0 Å². The van der Waals surface area contributed by atoms with Crippen molar-refractivity contribution in [3.8, 4) is 0 Å². The fourth-order valence-corrected chi connectivity index (χ4v) is 0.963. The summed E-state index contributed by atoms with van der Waals surface area (Å²) in [4.78, 5) is 10.4. The lowest BCUT2D eigenvalue weighted by molar-refractivity contribution is -0.111. The standard InChI is InChI=1S/C10H18O/c1-3-5-6-7-8-10(4-2)9-11/h5-6,9-10H,3-4,7-8H2,1-2H3/b6-5-. The van der Waals surface area contributed by atoms with Crippen molar-refractivity contribution in [2.75, 3.05) is 0 Å². The number of carbonyl (C=O) groups is 1. The van der Waals surface area contributed by atoms with Gasteiger partial charge in [0, 0.05) is 5.92 Å². The first-order valence-electron chi connectivity index (χ1n) is 4.45. The minimum absolute atomic E-state index is 0.275. The molecule has 0 radical (unpaired) electrons. The number of hydrogen-bond acceptors (Lipinski definition) is 1. The van der Waals surface area contributed by atoms with Crippen molar-refractivity contribution in [2.45, 2.75) is 39.5 Å². The summed E-state index contributed by atoms with van der Waals surface area (Å²) in [6.07, 6.45) is 9.51. The number of rotatable bonds is 6. The Bertz CT molecular complexity index is 116. The van der Waals surface area contributed by atoms with E-state index in [4.69, 9.17) is 0 Å². The van der Waals surface area contributed by atoms with E-state index < -0.39 is 0 Å².